The lowest BCUT2D eigenvalue weighted by Gasteiger charge is -2.34. The van der Waals surface area contributed by atoms with Crippen LogP contribution in [0.5, 0.6) is 0 Å². The second kappa shape index (κ2) is 10.9. The average molecular weight is 659 g/mol. The summed E-state index contributed by atoms with van der Waals surface area (Å²) in [6.07, 6.45) is 3.83. The molecule has 0 radical (unpaired) electrons. The number of rotatable bonds is 4. The molecule has 0 bridgehead atoms. The molecule has 8 nitrogen and oxygen atoms in total. The molecule has 41 heavy (non-hydrogen) atoms. The largest absolute Gasteiger partial charge is 0.343 e. The third-order valence-electron chi connectivity index (χ3n) is 8.30. The Morgan fingerprint density at radius 3 is 2.68 bits per heavy atom. The zero-order valence-electron chi connectivity index (χ0n) is 23.4. The van der Waals surface area contributed by atoms with Crippen molar-refractivity contribution in [1.29, 1.82) is 0 Å². The molecule has 0 spiro atoms. The molecule has 5 heterocycles. The number of benzene rings is 1. The molecule has 2 N–H and O–H groups in total. The number of nitrogens with zero attached hydrogens (tertiary/aromatic N) is 3. The fourth-order valence-corrected chi connectivity index (χ4v) is 8.17. The molecule has 2 amide bonds. The summed E-state index contributed by atoms with van der Waals surface area (Å²) >= 11 is 11.7. The molecule has 0 saturated carbocycles. The lowest BCUT2D eigenvalue weighted by molar-refractivity contribution is -0.142. The summed E-state index contributed by atoms with van der Waals surface area (Å²) in [6, 6.07) is 3.92. The van der Waals surface area contributed by atoms with Crippen LogP contribution in [-0.2, 0) is 22.6 Å². The van der Waals surface area contributed by atoms with E-state index in [0.717, 1.165) is 55.1 Å². The van der Waals surface area contributed by atoms with Crippen molar-refractivity contribution in [2.24, 2.45) is 11.3 Å². The molecule has 3 aromatic heterocycles. The molecule has 216 valence electrons. The van der Waals surface area contributed by atoms with E-state index >= 15 is 0 Å². The van der Waals surface area contributed by atoms with Gasteiger partial charge in [0.25, 0.3) is 5.56 Å². The van der Waals surface area contributed by atoms with Crippen LogP contribution in [0.15, 0.2) is 33.0 Å². The number of thiophene rings is 1. The van der Waals surface area contributed by atoms with Crippen LogP contribution >= 0.6 is 38.9 Å². The van der Waals surface area contributed by atoms with E-state index in [9.17, 15) is 14.4 Å². The molecule has 1 atom stereocenters. The van der Waals surface area contributed by atoms with Gasteiger partial charge < -0.3 is 14.8 Å². The summed E-state index contributed by atoms with van der Waals surface area (Å²) in [5.74, 6) is -0.370. The van der Waals surface area contributed by atoms with Gasteiger partial charge in [-0.05, 0) is 69.8 Å². The molecule has 1 unspecified atom stereocenters. The quantitative estimate of drug-likeness (QED) is 0.272. The zero-order chi connectivity index (χ0) is 29.1. The van der Waals surface area contributed by atoms with Crippen LogP contribution in [0.2, 0.25) is 5.02 Å². The highest BCUT2D eigenvalue weighted by molar-refractivity contribution is 9.10. The van der Waals surface area contributed by atoms with E-state index in [-0.39, 0.29) is 35.1 Å². The number of carbonyl (C=O) groups is 2. The van der Waals surface area contributed by atoms with Crippen molar-refractivity contribution in [3.8, 4) is 0 Å². The lowest BCUT2D eigenvalue weighted by Crippen LogP contribution is -2.43. The van der Waals surface area contributed by atoms with Gasteiger partial charge in [0.1, 0.15) is 0 Å². The minimum Gasteiger partial charge on any atom is -0.343 e. The van der Waals surface area contributed by atoms with Gasteiger partial charge in [-0.15, -0.1) is 11.3 Å². The van der Waals surface area contributed by atoms with Gasteiger partial charge in [-0.3, -0.25) is 19.5 Å². The predicted octanol–water partition coefficient (Wildman–Crippen LogP) is 6.23. The molecule has 11 heteroatoms. The van der Waals surface area contributed by atoms with Gasteiger partial charge in [0.05, 0.1) is 37.3 Å². The van der Waals surface area contributed by atoms with Crippen molar-refractivity contribution in [1.82, 2.24) is 25.0 Å². The normalized spacial score (nSPS) is 18.8. The topological polar surface area (TPSA) is 102 Å². The number of halogens is 2. The maximum atomic E-state index is 13.9. The Bertz CT molecular complexity index is 1710. The van der Waals surface area contributed by atoms with E-state index in [2.05, 4.69) is 51.9 Å². The summed E-state index contributed by atoms with van der Waals surface area (Å²) in [7, 11) is 0. The number of amides is 2. The number of pyridine rings is 1. The standard InChI is InChI=1S/C30H33BrClN5O3S/c1-30(2,3)15-37-13-21-17(9-23(32)26-20(21)12-33-35-26)8-18(29(37)40)10-25(38)36-6-4-16(5-7-36)19-11-24-27(34-28(19)39)22(31)14-41-24/h9,11-12,14,16,18H,4-8,10,13,15H2,1-3H3,(H,33,35)(H,34,39). The first-order valence-corrected chi connectivity index (χ1v) is 16.0. The monoisotopic (exact) mass is 657 g/mol. The van der Waals surface area contributed by atoms with Crippen molar-refractivity contribution >= 4 is 71.8 Å². The Balaban J connectivity index is 1.20. The van der Waals surface area contributed by atoms with Crippen LogP contribution in [0.1, 0.15) is 62.6 Å². The molecule has 0 aliphatic carbocycles. The third kappa shape index (κ3) is 5.58. The Morgan fingerprint density at radius 1 is 1.20 bits per heavy atom. The molecule has 2 aliphatic heterocycles. The number of hydrogen-bond donors (Lipinski definition) is 2. The van der Waals surface area contributed by atoms with Gasteiger partial charge >= 0.3 is 0 Å². The van der Waals surface area contributed by atoms with Crippen LogP contribution < -0.4 is 5.56 Å². The highest BCUT2D eigenvalue weighted by Crippen LogP contribution is 2.36. The Labute approximate surface area is 255 Å². The first-order chi connectivity index (χ1) is 19.5. The highest BCUT2D eigenvalue weighted by atomic mass is 79.9. The number of aromatic amines is 2. The van der Waals surface area contributed by atoms with Gasteiger partial charge in [-0.1, -0.05) is 32.4 Å². The summed E-state index contributed by atoms with van der Waals surface area (Å²) < 4.78 is 1.94. The fourth-order valence-electron chi connectivity index (χ4n) is 6.35. The van der Waals surface area contributed by atoms with E-state index in [1.165, 1.54) is 0 Å². The van der Waals surface area contributed by atoms with Crippen LogP contribution in [0.4, 0.5) is 0 Å². The minimum atomic E-state index is -0.466. The van der Waals surface area contributed by atoms with Gasteiger partial charge in [0.15, 0.2) is 0 Å². The van der Waals surface area contributed by atoms with E-state index in [1.807, 2.05) is 27.3 Å². The van der Waals surface area contributed by atoms with Crippen molar-refractivity contribution < 1.29 is 9.59 Å². The molecular formula is C30H33BrClN5O3S. The number of piperidine rings is 1. The highest BCUT2D eigenvalue weighted by Gasteiger charge is 2.36. The first-order valence-electron chi connectivity index (χ1n) is 14.0. The summed E-state index contributed by atoms with van der Waals surface area (Å²) in [6.45, 7) is 8.54. The molecule has 2 aliphatic rings. The molecule has 6 rings (SSSR count). The lowest BCUT2D eigenvalue weighted by atomic mass is 9.89. The van der Waals surface area contributed by atoms with E-state index in [1.54, 1.807) is 17.5 Å². The van der Waals surface area contributed by atoms with E-state index in [0.29, 0.717) is 37.6 Å². The van der Waals surface area contributed by atoms with E-state index < -0.39 is 5.92 Å². The molecular weight excluding hydrogens is 626 g/mol. The van der Waals surface area contributed by atoms with Crippen LogP contribution in [0.25, 0.3) is 21.1 Å². The molecule has 1 saturated heterocycles. The summed E-state index contributed by atoms with van der Waals surface area (Å²) in [5.41, 5.74) is 4.28. The van der Waals surface area contributed by atoms with Crippen molar-refractivity contribution in [3.63, 3.8) is 0 Å². The Kier molecular flexibility index (Phi) is 7.53. The summed E-state index contributed by atoms with van der Waals surface area (Å²) in [4.78, 5) is 47.1. The summed E-state index contributed by atoms with van der Waals surface area (Å²) in [5, 5.41) is 10.7. The number of hydrogen-bond acceptors (Lipinski definition) is 5. The average Bonchev–Trinajstić information content (AvgIpc) is 3.53. The van der Waals surface area contributed by atoms with Gasteiger partial charge in [0.2, 0.25) is 11.8 Å². The second-order valence-corrected chi connectivity index (χ2v) is 14.7. The molecule has 1 aromatic carbocycles. The number of carbonyl (C=O) groups excluding carboxylic acids is 2. The minimum absolute atomic E-state index is 0.00840. The maximum absolute atomic E-state index is 13.9. The van der Waals surface area contributed by atoms with Gasteiger partial charge in [-0.25, -0.2) is 0 Å². The Hall–Kier alpha value is -2.69. The second-order valence-electron chi connectivity index (χ2n) is 12.5. The van der Waals surface area contributed by atoms with Gasteiger partial charge in [0, 0.05) is 48.9 Å². The van der Waals surface area contributed by atoms with Crippen molar-refractivity contribution in [3.05, 3.63) is 60.2 Å². The van der Waals surface area contributed by atoms with Crippen molar-refractivity contribution in [2.75, 3.05) is 19.6 Å². The number of aromatic nitrogens is 3. The SMILES string of the molecule is CC(C)(C)CN1Cc2c(cc(Cl)c3[nH]ncc23)CC(CC(=O)N2CCC(c3cc4scc(Br)c4[nH]c3=O)CC2)C1=O. The van der Waals surface area contributed by atoms with Gasteiger partial charge in [-0.2, -0.15) is 5.10 Å². The Morgan fingerprint density at radius 2 is 1.95 bits per heavy atom. The predicted molar refractivity (Wildman–Crippen MR) is 166 cm³/mol. The first kappa shape index (κ1) is 28.4. The number of H-pyrrole nitrogens is 2. The van der Waals surface area contributed by atoms with Crippen LogP contribution in [0.3, 0.4) is 0 Å². The number of nitrogens with one attached hydrogen (secondary N) is 2. The van der Waals surface area contributed by atoms with Crippen molar-refractivity contribution in [2.45, 2.75) is 58.9 Å². The fraction of sp³-hybridized carbons (Fsp3) is 0.467. The maximum Gasteiger partial charge on any atom is 0.251 e. The molecule has 1 fully saturated rings. The number of fused-ring (bicyclic) bond motifs is 4. The van der Waals surface area contributed by atoms with Crippen LogP contribution in [0, 0.1) is 11.3 Å². The van der Waals surface area contributed by atoms with E-state index in [4.69, 9.17) is 11.6 Å². The van der Waals surface area contributed by atoms with Crippen LogP contribution in [-0.4, -0.2) is 56.4 Å². The third-order valence-corrected chi connectivity index (χ3v) is 10.5. The zero-order valence-corrected chi connectivity index (χ0v) is 26.5. The molecule has 4 aromatic rings. The smallest absolute Gasteiger partial charge is 0.251 e. The number of likely N-dealkylation sites (tertiary alicyclic amines) is 1.